The number of hydrogen-bond acceptors (Lipinski definition) is 6. The Hall–Kier alpha value is -3.94. The van der Waals surface area contributed by atoms with Crippen LogP contribution in [0.15, 0.2) is 70.3 Å². The van der Waals surface area contributed by atoms with E-state index in [9.17, 15) is 4.79 Å². The molecule has 0 radical (unpaired) electrons. The van der Waals surface area contributed by atoms with Crippen molar-refractivity contribution in [2.75, 3.05) is 17.3 Å². The molecule has 1 aromatic heterocycles. The van der Waals surface area contributed by atoms with E-state index in [1.54, 1.807) is 31.6 Å². The highest BCUT2D eigenvalue weighted by atomic mass is 16.5. The predicted octanol–water partition coefficient (Wildman–Crippen LogP) is 1.64. The first kappa shape index (κ1) is 17.5. The highest BCUT2D eigenvalue weighted by molar-refractivity contribution is 5.87. The molecule has 4 rings (SSSR count). The Bertz CT molecular complexity index is 1140. The van der Waals surface area contributed by atoms with Gasteiger partial charge in [0.2, 0.25) is 5.55 Å². The van der Waals surface area contributed by atoms with Crippen LogP contribution in [0, 0.1) is 0 Å². The molecular weight excluding hydrogens is 358 g/mol. The Labute approximate surface area is 160 Å². The van der Waals surface area contributed by atoms with Crippen molar-refractivity contribution in [2.24, 2.45) is 16.5 Å². The van der Waals surface area contributed by atoms with Gasteiger partial charge in [-0.25, -0.2) is 9.79 Å². The summed E-state index contributed by atoms with van der Waals surface area (Å²) in [5.74, 6) is 1.26. The minimum atomic E-state index is -0.635. The van der Waals surface area contributed by atoms with Crippen LogP contribution in [0.1, 0.15) is 11.7 Å². The van der Waals surface area contributed by atoms with Crippen LogP contribution < -0.4 is 37.2 Å². The molecular formula is C20H19N5O3. The number of fused-ring (bicyclic) bond motifs is 1. The van der Waals surface area contributed by atoms with Crippen LogP contribution >= 0.6 is 0 Å². The maximum absolute atomic E-state index is 11.2. The number of primary amides is 1. The lowest BCUT2D eigenvalue weighted by atomic mass is 10.1. The lowest BCUT2D eigenvalue weighted by Gasteiger charge is -2.33. The Morgan fingerprint density at radius 2 is 2.00 bits per heavy atom. The summed E-state index contributed by atoms with van der Waals surface area (Å²) in [6.07, 6.45) is 1.07. The van der Waals surface area contributed by atoms with Crippen LogP contribution in [0.5, 0.6) is 5.75 Å². The summed E-state index contributed by atoms with van der Waals surface area (Å²) in [7, 11) is 1.61. The van der Waals surface area contributed by atoms with E-state index < -0.39 is 12.2 Å². The van der Waals surface area contributed by atoms with Crippen molar-refractivity contribution in [3.8, 4) is 5.75 Å². The number of carbonyl (C=O) groups is 1. The average Bonchev–Trinajstić information content (AvgIpc) is 3.17. The molecule has 0 aliphatic carbocycles. The molecule has 2 amide bonds. The third kappa shape index (κ3) is 3.11. The van der Waals surface area contributed by atoms with Gasteiger partial charge in [0.05, 0.1) is 18.6 Å². The normalized spacial score (nSPS) is 15.5. The minimum Gasteiger partial charge on any atom is -0.497 e. The maximum Gasteiger partial charge on any atom is 0.316 e. The van der Waals surface area contributed by atoms with E-state index >= 15 is 0 Å². The fourth-order valence-corrected chi connectivity index (χ4v) is 3.19. The second kappa shape index (κ2) is 6.99. The summed E-state index contributed by atoms with van der Waals surface area (Å²) in [5.41, 5.74) is 14.4. The number of benzene rings is 2. The number of carbonyl (C=O) groups excluding carboxylic acids is 1. The van der Waals surface area contributed by atoms with Crippen molar-refractivity contribution in [1.29, 1.82) is 0 Å². The molecule has 0 spiro atoms. The Morgan fingerprint density at radius 1 is 1.21 bits per heavy atom. The summed E-state index contributed by atoms with van der Waals surface area (Å²) in [6, 6.07) is 15.9. The van der Waals surface area contributed by atoms with E-state index in [2.05, 4.69) is 5.32 Å². The second-order valence-electron chi connectivity index (χ2n) is 6.21. The average molecular weight is 377 g/mol. The van der Waals surface area contributed by atoms with Gasteiger partial charge in [0.25, 0.3) is 0 Å². The van der Waals surface area contributed by atoms with E-state index in [0.29, 0.717) is 17.1 Å². The number of nitrogens with two attached hydrogens (primary N) is 2. The molecule has 5 N–H and O–H groups in total. The molecule has 0 saturated heterocycles. The van der Waals surface area contributed by atoms with Gasteiger partial charge in [-0.3, -0.25) is 0 Å². The fraction of sp³-hybridized carbons (Fsp3) is 0.100. The van der Waals surface area contributed by atoms with Crippen molar-refractivity contribution >= 4 is 23.2 Å². The largest absolute Gasteiger partial charge is 0.497 e. The molecule has 2 aromatic carbocycles. The molecule has 8 heteroatoms. The molecule has 3 aromatic rings. The van der Waals surface area contributed by atoms with Gasteiger partial charge in [0.15, 0.2) is 6.17 Å². The highest BCUT2D eigenvalue weighted by Crippen LogP contribution is 2.33. The molecule has 1 atom stereocenters. The zero-order chi connectivity index (χ0) is 19.7. The van der Waals surface area contributed by atoms with Gasteiger partial charge in [-0.05, 0) is 48.0 Å². The Balaban J connectivity index is 1.84. The maximum atomic E-state index is 11.2. The number of rotatable bonds is 4. The summed E-state index contributed by atoms with van der Waals surface area (Å²) in [6.45, 7) is 0. The van der Waals surface area contributed by atoms with Gasteiger partial charge in [-0.1, -0.05) is 12.1 Å². The first-order valence-corrected chi connectivity index (χ1v) is 8.57. The molecule has 1 aliphatic rings. The van der Waals surface area contributed by atoms with Gasteiger partial charge in [0.1, 0.15) is 11.6 Å². The lowest BCUT2D eigenvalue weighted by molar-refractivity contribution is 0.259. The monoisotopic (exact) mass is 377 g/mol. The number of furan rings is 1. The van der Waals surface area contributed by atoms with Gasteiger partial charge in [-0.15, -0.1) is 0 Å². The zero-order valence-electron chi connectivity index (χ0n) is 15.1. The zero-order valence-corrected chi connectivity index (χ0v) is 15.1. The number of nitrogens with zero attached hydrogens (tertiary/aromatic N) is 2. The molecule has 0 bridgehead atoms. The predicted molar refractivity (Wildman–Crippen MR) is 105 cm³/mol. The second-order valence-corrected chi connectivity index (χ2v) is 6.21. The first-order chi connectivity index (χ1) is 13.6. The summed E-state index contributed by atoms with van der Waals surface area (Å²) in [5, 5.41) is 3.30. The molecule has 1 aliphatic heterocycles. The number of urea groups is 1. The molecule has 1 unspecified atom stereocenters. The lowest BCUT2D eigenvalue weighted by Crippen LogP contribution is -2.43. The van der Waals surface area contributed by atoms with Gasteiger partial charge in [-0.2, -0.15) is 0 Å². The molecule has 8 nitrogen and oxygen atoms in total. The summed E-state index contributed by atoms with van der Waals surface area (Å²) < 4.78 is 10.7. The van der Waals surface area contributed by atoms with Crippen LogP contribution in [0.4, 0.5) is 16.2 Å². The number of methoxy groups -OCH3 is 1. The first-order valence-electron chi connectivity index (χ1n) is 8.57. The SMILES string of the molecule is COc1ccc(N2C(N)=c3ccoc3=NC2c2cccc(NC(N)=O)c2)cc1. The quantitative estimate of drug-likeness (QED) is 0.639. The van der Waals surface area contributed by atoms with Crippen LogP contribution in [-0.2, 0) is 0 Å². The van der Waals surface area contributed by atoms with E-state index in [1.807, 2.05) is 41.3 Å². The number of amides is 2. The molecule has 28 heavy (non-hydrogen) atoms. The standard InChI is InChI=1S/C20H19N5O3/c1-27-15-7-5-14(6-8-15)25-17(21)16-9-10-28-19(16)24-18(25)12-3-2-4-13(11-12)23-20(22)26/h2-11,18H,21H2,1H3,(H3,22,23,26). The Morgan fingerprint density at radius 3 is 2.71 bits per heavy atom. The van der Waals surface area contributed by atoms with Crippen molar-refractivity contribution in [3.05, 3.63) is 77.2 Å². The van der Waals surface area contributed by atoms with E-state index in [0.717, 1.165) is 22.2 Å². The number of nitrogens with one attached hydrogen (secondary N) is 1. The topological polar surface area (TPSA) is 119 Å². The summed E-state index contributed by atoms with van der Waals surface area (Å²) >= 11 is 0. The van der Waals surface area contributed by atoms with Gasteiger partial charge in [0, 0.05) is 11.4 Å². The molecule has 2 heterocycles. The Kier molecular flexibility index (Phi) is 4.36. The van der Waals surface area contributed by atoms with E-state index in [1.165, 1.54) is 0 Å². The number of anilines is 2. The molecule has 142 valence electrons. The van der Waals surface area contributed by atoms with Crippen LogP contribution in [0.25, 0.3) is 5.82 Å². The van der Waals surface area contributed by atoms with Crippen molar-refractivity contribution < 1.29 is 13.9 Å². The van der Waals surface area contributed by atoms with Crippen molar-refractivity contribution in [3.63, 3.8) is 0 Å². The third-order valence-corrected chi connectivity index (χ3v) is 4.47. The number of ether oxygens (including phenoxy) is 1. The van der Waals surface area contributed by atoms with E-state index in [-0.39, 0.29) is 0 Å². The van der Waals surface area contributed by atoms with E-state index in [4.69, 9.17) is 25.6 Å². The van der Waals surface area contributed by atoms with Crippen LogP contribution in [0.2, 0.25) is 0 Å². The summed E-state index contributed by atoms with van der Waals surface area (Å²) in [4.78, 5) is 17.8. The van der Waals surface area contributed by atoms with Crippen molar-refractivity contribution in [2.45, 2.75) is 6.17 Å². The van der Waals surface area contributed by atoms with Crippen molar-refractivity contribution in [1.82, 2.24) is 0 Å². The van der Waals surface area contributed by atoms with Crippen LogP contribution in [-0.4, -0.2) is 13.1 Å². The van der Waals surface area contributed by atoms with Gasteiger partial charge >= 0.3 is 6.03 Å². The third-order valence-electron chi connectivity index (χ3n) is 4.47. The highest BCUT2D eigenvalue weighted by Gasteiger charge is 2.27. The van der Waals surface area contributed by atoms with Crippen LogP contribution in [0.3, 0.4) is 0 Å². The molecule has 0 fully saturated rings. The smallest absolute Gasteiger partial charge is 0.316 e. The number of hydrogen-bond donors (Lipinski definition) is 3. The van der Waals surface area contributed by atoms with Gasteiger partial charge < -0.3 is 30.8 Å². The minimum absolute atomic E-state index is 0.459. The fourth-order valence-electron chi connectivity index (χ4n) is 3.19. The molecule has 0 saturated carbocycles.